The SMILES string of the molecule is CC.Cc1cnc(C2CCNC2)nc1. The highest BCUT2D eigenvalue weighted by molar-refractivity contribution is 5.06. The minimum Gasteiger partial charge on any atom is -0.316 e. The highest BCUT2D eigenvalue weighted by Gasteiger charge is 2.18. The standard InChI is InChI=1S/C9H13N3.C2H6/c1-7-4-11-9(12-5-7)8-2-3-10-6-8;1-2/h4-5,8,10H,2-3,6H2,1H3;1-2H3. The van der Waals surface area contributed by atoms with Gasteiger partial charge in [-0.05, 0) is 25.5 Å². The number of hydrogen-bond acceptors (Lipinski definition) is 3. The van der Waals surface area contributed by atoms with E-state index in [0.29, 0.717) is 5.92 Å². The summed E-state index contributed by atoms with van der Waals surface area (Å²) in [5.41, 5.74) is 1.13. The Bertz CT molecular complexity index is 250. The molecule has 0 aromatic carbocycles. The van der Waals surface area contributed by atoms with Gasteiger partial charge in [-0.3, -0.25) is 0 Å². The third-order valence-electron chi connectivity index (χ3n) is 2.23. The van der Waals surface area contributed by atoms with Gasteiger partial charge in [-0.2, -0.15) is 0 Å². The van der Waals surface area contributed by atoms with Crippen molar-refractivity contribution in [1.82, 2.24) is 15.3 Å². The topological polar surface area (TPSA) is 37.8 Å². The Morgan fingerprint density at radius 2 is 1.93 bits per heavy atom. The van der Waals surface area contributed by atoms with Gasteiger partial charge in [0.25, 0.3) is 0 Å². The fourth-order valence-electron chi connectivity index (χ4n) is 1.49. The zero-order valence-electron chi connectivity index (χ0n) is 9.25. The maximum Gasteiger partial charge on any atom is 0.132 e. The molecule has 1 aromatic rings. The van der Waals surface area contributed by atoms with E-state index in [1.165, 1.54) is 6.42 Å². The van der Waals surface area contributed by atoms with Crippen LogP contribution in [0.15, 0.2) is 12.4 Å². The van der Waals surface area contributed by atoms with Crippen LogP contribution in [0, 0.1) is 6.92 Å². The van der Waals surface area contributed by atoms with Crippen molar-refractivity contribution in [2.24, 2.45) is 0 Å². The second-order valence-electron chi connectivity index (χ2n) is 3.31. The number of nitrogens with one attached hydrogen (secondary N) is 1. The van der Waals surface area contributed by atoms with Gasteiger partial charge in [-0.25, -0.2) is 9.97 Å². The van der Waals surface area contributed by atoms with Crippen molar-refractivity contribution in [2.45, 2.75) is 33.1 Å². The molecule has 0 spiro atoms. The Balaban J connectivity index is 0.000000461. The Morgan fingerprint density at radius 3 is 2.43 bits per heavy atom. The molecule has 1 aromatic heterocycles. The van der Waals surface area contributed by atoms with E-state index in [9.17, 15) is 0 Å². The van der Waals surface area contributed by atoms with Crippen molar-refractivity contribution >= 4 is 0 Å². The number of rotatable bonds is 1. The fraction of sp³-hybridized carbons (Fsp3) is 0.636. The van der Waals surface area contributed by atoms with Crippen LogP contribution in [0.1, 0.15) is 37.6 Å². The molecule has 2 rings (SSSR count). The third kappa shape index (κ3) is 2.77. The molecular formula is C11H19N3. The van der Waals surface area contributed by atoms with Gasteiger partial charge in [0, 0.05) is 24.9 Å². The van der Waals surface area contributed by atoms with Crippen LogP contribution in [0.25, 0.3) is 0 Å². The lowest BCUT2D eigenvalue weighted by Gasteiger charge is -2.05. The molecule has 0 radical (unpaired) electrons. The lowest BCUT2D eigenvalue weighted by atomic mass is 10.1. The molecule has 1 aliphatic rings. The first-order valence-electron chi connectivity index (χ1n) is 5.35. The number of nitrogens with zero attached hydrogens (tertiary/aromatic N) is 2. The van der Waals surface area contributed by atoms with Crippen LogP contribution in [-0.4, -0.2) is 23.1 Å². The van der Waals surface area contributed by atoms with Crippen molar-refractivity contribution in [3.05, 3.63) is 23.8 Å². The molecule has 0 aliphatic carbocycles. The van der Waals surface area contributed by atoms with E-state index in [0.717, 1.165) is 24.5 Å². The van der Waals surface area contributed by atoms with Crippen LogP contribution in [0.5, 0.6) is 0 Å². The second-order valence-corrected chi connectivity index (χ2v) is 3.31. The maximum atomic E-state index is 4.31. The Kier molecular flexibility index (Phi) is 4.53. The van der Waals surface area contributed by atoms with Crippen molar-refractivity contribution in [2.75, 3.05) is 13.1 Å². The average Bonchev–Trinajstić information content (AvgIpc) is 2.75. The van der Waals surface area contributed by atoms with E-state index < -0.39 is 0 Å². The van der Waals surface area contributed by atoms with E-state index in [1.54, 1.807) is 0 Å². The summed E-state index contributed by atoms with van der Waals surface area (Å²) < 4.78 is 0. The predicted octanol–water partition coefficient (Wildman–Crippen LogP) is 1.89. The molecule has 1 atom stereocenters. The molecule has 0 saturated carbocycles. The summed E-state index contributed by atoms with van der Waals surface area (Å²) in [6.07, 6.45) is 4.95. The molecule has 1 unspecified atom stereocenters. The molecule has 14 heavy (non-hydrogen) atoms. The highest BCUT2D eigenvalue weighted by atomic mass is 14.9. The predicted molar refractivity (Wildman–Crippen MR) is 58.3 cm³/mol. The smallest absolute Gasteiger partial charge is 0.132 e. The molecule has 78 valence electrons. The van der Waals surface area contributed by atoms with Gasteiger partial charge in [-0.1, -0.05) is 13.8 Å². The summed E-state index contributed by atoms with van der Waals surface area (Å²) in [6.45, 7) is 8.14. The quantitative estimate of drug-likeness (QED) is 0.740. The van der Waals surface area contributed by atoms with Gasteiger partial charge < -0.3 is 5.32 Å². The Morgan fingerprint density at radius 1 is 1.29 bits per heavy atom. The molecular weight excluding hydrogens is 174 g/mol. The molecule has 2 heterocycles. The van der Waals surface area contributed by atoms with Gasteiger partial charge in [0.05, 0.1) is 0 Å². The van der Waals surface area contributed by atoms with E-state index >= 15 is 0 Å². The fourth-order valence-corrected chi connectivity index (χ4v) is 1.49. The zero-order valence-corrected chi connectivity index (χ0v) is 9.25. The van der Waals surface area contributed by atoms with Gasteiger partial charge >= 0.3 is 0 Å². The normalized spacial score (nSPS) is 20.1. The lowest BCUT2D eigenvalue weighted by molar-refractivity contribution is 0.699. The van der Waals surface area contributed by atoms with Crippen LogP contribution < -0.4 is 5.32 Å². The van der Waals surface area contributed by atoms with E-state index in [4.69, 9.17) is 0 Å². The lowest BCUT2D eigenvalue weighted by Crippen LogP contribution is -2.10. The minimum atomic E-state index is 0.533. The van der Waals surface area contributed by atoms with Crippen molar-refractivity contribution < 1.29 is 0 Å². The zero-order chi connectivity index (χ0) is 10.4. The first-order valence-corrected chi connectivity index (χ1v) is 5.35. The summed E-state index contributed by atoms with van der Waals surface area (Å²) in [7, 11) is 0. The van der Waals surface area contributed by atoms with E-state index in [1.807, 2.05) is 33.2 Å². The minimum absolute atomic E-state index is 0.533. The average molecular weight is 193 g/mol. The Labute approximate surface area is 86.0 Å². The summed E-state index contributed by atoms with van der Waals surface area (Å²) in [4.78, 5) is 8.62. The van der Waals surface area contributed by atoms with Crippen molar-refractivity contribution in [1.29, 1.82) is 0 Å². The number of aryl methyl sites for hydroxylation is 1. The van der Waals surface area contributed by atoms with Crippen LogP contribution in [0.4, 0.5) is 0 Å². The number of aromatic nitrogens is 2. The molecule has 1 N–H and O–H groups in total. The largest absolute Gasteiger partial charge is 0.316 e. The Hall–Kier alpha value is -0.960. The van der Waals surface area contributed by atoms with E-state index in [-0.39, 0.29) is 0 Å². The molecule has 1 saturated heterocycles. The van der Waals surface area contributed by atoms with Crippen LogP contribution in [0.2, 0.25) is 0 Å². The summed E-state index contributed by atoms with van der Waals surface area (Å²) in [6, 6.07) is 0. The van der Waals surface area contributed by atoms with Gasteiger partial charge in [-0.15, -0.1) is 0 Å². The molecule has 3 nitrogen and oxygen atoms in total. The molecule has 0 bridgehead atoms. The summed E-state index contributed by atoms with van der Waals surface area (Å²) in [5.74, 6) is 1.52. The molecule has 3 heteroatoms. The van der Waals surface area contributed by atoms with Crippen molar-refractivity contribution in [3.8, 4) is 0 Å². The summed E-state index contributed by atoms with van der Waals surface area (Å²) >= 11 is 0. The van der Waals surface area contributed by atoms with Crippen LogP contribution in [-0.2, 0) is 0 Å². The van der Waals surface area contributed by atoms with Crippen molar-refractivity contribution in [3.63, 3.8) is 0 Å². The van der Waals surface area contributed by atoms with E-state index in [2.05, 4.69) is 15.3 Å². The van der Waals surface area contributed by atoms with Gasteiger partial charge in [0.15, 0.2) is 0 Å². The molecule has 1 aliphatic heterocycles. The third-order valence-corrected chi connectivity index (χ3v) is 2.23. The number of hydrogen-bond donors (Lipinski definition) is 1. The molecule has 1 fully saturated rings. The second kappa shape index (κ2) is 5.70. The first kappa shape index (κ1) is 11.1. The monoisotopic (exact) mass is 193 g/mol. The molecule has 0 amide bonds. The van der Waals surface area contributed by atoms with Gasteiger partial charge in [0.1, 0.15) is 5.82 Å². The maximum absolute atomic E-state index is 4.31. The first-order chi connectivity index (χ1) is 6.86. The van der Waals surface area contributed by atoms with Crippen LogP contribution in [0.3, 0.4) is 0 Å². The van der Waals surface area contributed by atoms with Gasteiger partial charge in [0.2, 0.25) is 0 Å². The van der Waals surface area contributed by atoms with Crippen LogP contribution >= 0.6 is 0 Å². The summed E-state index contributed by atoms with van der Waals surface area (Å²) in [5, 5.41) is 3.31. The highest BCUT2D eigenvalue weighted by Crippen LogP contribution is 2.17.